The highest BCUT2D eigenvalue weighted by atomic mass is 35.5. The van der Waals surface area contributed by atoms with Gasteiger partial charge < -0.3 is 10.2 Å². The number of nitrogens with zero attached hydrogens (tertiary/aromatic N) is 5. The number of nitrogens with one attached hydrogen (secondary N) is 1. The summed E-state index contributed by atoms with van der Waals surface area (Å²) in [7, 11) is 0. The first kappa shape index (κ1) is 17.5. The van der Waals surface area contributed by atoms with Crippen molar-refractivity contribution in [2.75, 3.05) is 18.0 Å². The third-order valence-electron chi connectivity index (χ3n) is 4.40. The fourth-order valence-corrected chi connectivity index (χ4v) is 4.37. The second kappa shape index (κ2) is 7.59. The molecular weight excluding hydrogens is 343 g/mol. The minimum absolute atomic E-state index is 0. The molecule has 2 fully saturated rings. The van der Waals surface area contributed by atoms with Crippen LogP contribution in [0.25, 0.3) is 0 Å². The Hall–Kier alpha value is -0.890. The third kappa shape index (κ3) is 3.22. The number of hydrogen-bond acceptors (Lipinski definition) is 6. The first-order valence-corrected chi connectivity index (χ1v) is 8.01. The molecule has 2 aromatic rings. The second-order valence-corrected chi connectivity index (χ2v) is 6.42. The summed E-state index contributed by atoms with van der Waals surface area (Å²) in [4.78, 5) is 11.1. The summed E-state index contributed by atoms with van der Waals surface area (Å²) in [5.74, 6) is 0.723. The quantitative estimate of drug-likeness (QED) is 0.902. The summed E-state index contributed by atoms with van der Waals surface area (Å²) >= 11 is 1.74. The van der Waals surface area contributed by atoms with Crippen LogP contribution in [0.1, 0.15) is 12.8 Å². The van der Waals surface area contributed by atoms with E-state index < -0.39 is 0 Å². The maximum atomic E-state index is 4.55. The van der Waals surface area contributed by atoms with Crippen molar-refractivity contribution in [2.45, 2.75) is 31.5 Å². The zero-order valence-electron chi connectivity index (χ0n) is 12.0. The van der Waals surface area contributed by atoms with E-state index in [1.54, 1.807) is 24.0 Å². The topological polar surface area (TPSA) is 58.9 Å². The maximum Gasteiger partial charge on any atom is 0.185 e. The number of fused-ring (bicyclic) bond motifs is 1. The molecule has 9 heteroatoms. The van der Waals surface area contributed by atoms with E-state index in [1.165, 1.54) is 12.8 Å². The van der Waals surface area contributed by atoms with Gasteiger partial charge in [0.2, 0.25) is 0 Å². The fourth-order valence-electron chi connectivity index (χ4n) is 3.60. The van der Waals surface area contributed by atoms with Gasteiger partial charge in [-0.2, -0.15) is 5.10 Å². The zero-order valence-corrected chi connectivity index (χ0v) is 14.5. The number of hydrogen-bond donors (Lipinski definition) is 1. The van der Waals surface area contributed by atoms with Crippen LogP contribution in [0.5, 0.6) is 0 Å². The van der Waals surface area contributed by atoms with Crippen molar-refractivity contribution in [1.29, 1.82) is 0 Å². The lowest BCUT2D eigenvalue weighted by Gasteiger charge is -2.34. The van der Waals surface area contributed by atoms with Gasteiger partial charge in [0.1, 0.15) is 12.7 Å². The Balaban J connectivity index is 0.000000882. The van der Waals surface area contributed by atoms with Crippen LogP contribution in [0.15, 0.2) is 24.2 Å². The SMILES string of the molecule is Cl.Cl.c1csc(N2[C@H](Cn3cncn3)C[C@@H]3CNCC[C@@H]32)n1. The number of rotatable bonds is 3. The molecule has 0 saturated carbocycles. The predicted octanol–water partition coefficient (Wildman–Crippen LogP) is 1.84. The highest BCUT2D eigenvalue weighted by Crippen LogP contribution is 2.38. The summed E-state index contributed by atoms with van der Waals surface area (Å²) < 4.78 is 1.94. The van der Waals surface area contributed by atoms with Crippen molar-refractivity contribution in [3.05, 3.63) is 24.2 Å². The molecular formula is C13H20Cl2N6S. The summed E-state index contributed by atoms with van der Waals surface area (Å²) in [5.41, 5.74) is 0. The van der Waals surface area contributed by atoms with E-state index in [-0.39, 0.29) is 24.8 Å². The molecule has 2 aliphatic heterocycles. The first-order valence-electron chi connectivity index (χ1n) is 7.13. The molecule has 0 aromatic carbocycles. The molecule has 3 atom stereocenters. The summed E-state index contributed by atoms with van der Waals surface area (Å²) in [6, 6.07) is 1.09. The Kier molecular flexibility index (Phi) is 6.02. The van der Waals surface area contributed by atoms with Gasteiger partial charge in [-0.1, -0.05) is 0 Å². The Morgan fingerprint density at radius 1 is 1.36 bits per heavy atom. The van der Waals surface area contributed by atoms with Crippen LogP contribution < -0.4 is 10.2 Å². The van der Waals surface area contributed by atoms with Crippen molar-refractivity contribution >= 4 is 41.3 Å². The van der Waals surface area contributed by atoms with E-state index in [2.05, 4.69) is 30.7 Å². The van der Waals surface area contributed by atoms with Gasteiger partial charge in [-0.15, -0.1) is 36.2 Å². The molecule has 2 aliphatic rings. The summed E-state index contributed by atoms with van der Waals surface area (Å²) in [6.07, 6.45) is 7.73. The average Bonchev–Trinajstić information content (AvgIpc) is 3.18. The van der Waals surface area contributed by atoms with E-state index in [0.29, 0.717) is 12.1 Å². The Morgan fingerprint density at radius 3 is 3.00 bits per heavy atom. The van der Waals surface area contributed by atoms with Crippen LogP contribution in [-0.4, -0.2) is 44.9 Å². The monoisotopic (exact) mass is 362 g/mol. The largest absolute Gasteiger partial charge is 0.340 e. The van der Waals surface area contributed by atoms with Crippen LogP contribution in [-0.2, 0) is 6.54 Å². The molecule has 0 bridgehead atoms. The molecule has 4 rings (SSSR count). The molecule has 6 nitrogen and oxygen atoms in total. The van der Waals surface area contributed by atoms with Crippen LogP contribution in [0.2, 0.25) is 0 Å². The number of anilines is 1. The molecule has 122 valence electrons. The molecule has 22 heavy (non-hydrogen) atoms. The Bertz CT molecular complexity index is 549. The number of halogens is 2. The Labute approximate surface area is 146 Å². The van der Waals surface area contributed by atoms with Crippen molar-refractivity contribution in [2.24, 2.45) is 5.92 Å². The predicted molar refractivity (Wildman–Crippen MR) is 92.3 cm³/mol. The van der Waals surface area contributed by atoms with E-state index in [4.69, 9.17) is 0 Å². The van der Waals surface area contributed by atoms with E-state index in [0.717, 1.165) is 30.7 Å². The third-order valence-corrected chi connectivity index (χ3v) is 5.18. The van der Waals surface area contributed by atoms with Gasteiger partial charge in [-0.25, -0.2) is 9.97 Å². The number of piperidine rings is 1. The van der Waals surface area contributed by atoms with E-state index in [1.807, 2.05) is 10.9 Å². The zero-order chi connectivity index (χ0) is 13.4. The molecule has 0 unspecified atom stereocenters. The molecule has 0 radical (unpaired) electrons. The highest BCUT2D eigenvalue weighted by molar-refractivity contribution is 7.13. The average molecular weight is 363 g/mol. The van der Waals surface area contributed by atoms with Crippen LogP contribution in [0.3, 0.4) is 0 Å². The van der Waals surface area contributed by atoms with E-state index in [9.17, 15) is 0 Å². The number of aromatic nitrogens is 4. The second-order valence-electron chi connectivity index (χ2n) is 5.55. The van der Waals surface area contributed by atoms with Crippen molar-refractivity contribution in [1.82, 2.24) is 25.1 Å². The van der Waals surface area contributed by atoms with Gasteiger partial charge in [0.25, 0.3) is 0 Å². The standard InChI is InChI=1S/C13H18N6S.2ClH/c1-2-14-6-10-5-11(7-18-9-15-8-17-18)19(12(1)10)13-16-3-4-20-13;;/h3-4,8-12,14H,1-2,5-7H2;2*1H/t10-,11+,12+;;/m1../s1. The molecule has 4 heterocycles. The highest BCUT2D eigenvalue weighted by Gasteiger charge is 2.43. The van der Waals surface area contributed by atoms with Crippen LogP contribution in [0.4, 0.5) is 5.13 Å². The molecule has 0 aliphatic carbocycles. The molecule has 2 aromatic heterocycles. The molecule has 2 saturated heterocycles. The first-order chi connectivity index (χ1) is 9.92. The number of thiazole rings is 1. The van der Waals surface area contributed by atoms with Gasteiger partial charge in [0.05, 0.1) is 12.6 Å². The lowest BCUT2D eigenvalue weighted by Crippen LogP contribution is -2.45. The van der Waals surface area contributed by atoms with Gasteiger partial charge in [-0.3, -0.25) is 4.68 Å². The van der Waals surface area contributed by atoms with Crippen molar-refractivity contribution in [3.63, 3.8) is 0 Å². The van der Waals surface area contributed by atoms with Gasteiger partial charge in [0, 0.05) is 17.6 Å². The van der Waals surface area contributed by atoms with Gasteiger partial charge in [0.15, 0.2) is 5.13 Å². The smallest absolute Gasteiger partial charge is 0.185 e. The lowest BCUT2D eigenvalue weighted by molar-refractivity contribution is 0.360. The van der Waals surface area contributed by atoms with Crippen LogP contribution >= 0.6 is 36.2 Å². The van der Waals surface area contributed by atoms with Crippen molar-refractivity contribution < 1.29 is 0 Å². The van der Waals surface area contributed by atoms with Crippen molar-refractivity contribution in [3.8, 4) is 0 Å². The normalized spacial score (nSPS) is 26.9. The molecule has 1 N–H and O–H groups in total. The maximum absolute atomic E-state index is 4.55. The van der Waals surface area contributed by atoms with Gasteiger partial charge in [-0.05, 0) is 31.8 Å². The molecule has 0 spiro atoms. The van der Waals surface area contributed by atoms with Gasteiger partial charge >= 0.3 is 0 Å². The minimum Gasteiger partial charge on any atom is -0.340 e. The minimum atomic E-state index is 0. The molecule has 0 amide bonds. The summed E-state index contributed by atoms with van der Waals surface area (Å²) in [6.45, 7) is 3.13. The van der Waals surface area contributed by atoms with E-state index >= 15 is 0 Å². The van der Waals surface area contributed by atoms with Crippen LogP contribution in [0, 0.1) is 5.92 Å². The fraction of sp³-hybridized carbons (Fsp3) is 0.615. The lowest BCUT2D eigenvalue weighted by atomic mass is 9.93. The Morgan fingerprint density at radius 2 is 2.27 bits per heavy atom. The summed E-state index contributed by atoms with van der Waals surface area (Å²) in [5, 5.41) is 11.0.